The molecule has 3 aromatic rings. The Bertz CT molecular complexity index is 1430. The number of amides is 2. The van der Waals surface area contributed by atoms with Gasteiger partial charge in [-0.3, -0.25) is 14.4 Å². The summed E-state index contributed by atoms with van der Waals surface area (Å²) in [6.45, 7) is 8.06. The van der Waals surface area contributed by atoms with E-state index in [-0.39, 0.29) is 57.2 Å². The molecule has 0 saturated carbocycles. The summed E-state index contributed by atoms with van der Waals surface area (Å²) in [5, 5.41) is 8.42. The van der Waals surface area contributed by atoms with Gasteiger partial charge in [0.05, 0.1) is 19.7 Å². The van der Waals surface area contributed by atoms with Crippen molar-refractivity contribution < 1.29 is 33.5 Å². The Morgan fingerprint density at radius 1 is 1.00 bits per heavy atom. The molecule has 44 heavy (non-hydrogen) atoms. The van der Waals surface area contributed by atoms with E-state index in [0.717, 1.165) is 0 Å². The van der Waals surface area contributed by atoms with Crippen LogP contribution in [0.15, 0.2) is 54.9 Å². The number of carbonyl (C=O) groups excluding carboxylic acids is 4. The Kier molecular flexibility index (Phi) is 10.6. The number of esters is 1. The van der Waals surface area contributed by atoms with Gasteiger partial charge < -0.3 is 24.5 Å². The monoisotopic (exact) mass is 607 g/mol. The van der Waals surface area contributed by atoms with E-state index in [2.05, 4.69) is 20.4 Å². The average molecular weight is 608 g/mol. The molecule has 0 spiro atoms. The number of carbonyl (C=O) groups is 4. The van der Waals surface area contributed by atoms with E-state index in [4.69, 9.17) is 14.3 Å². The quantitative estimate of drug-likeness (QED) is 0.338. The summed E-state index contributed by atoms with van der Waals surface area (Å²) in [6, 6.07) is 11.3. The highest BCUT2D eigenvalue weighted by molar-refractivity contribution is 5.97. The zero-order chi connectivity index (χ0) is 31.7. The van der Waals surface area contributed by atoms with Crippen LogP contribution in [0, 0.1) is 0 Å². The molecular weight excluding hydrogens is 570 g/mol. The molecule has 1 atom stereocenters. The van der Waals surface area contributed by atoms with Gasteiger partial charge in [0.1, 0.15) is 17.3 Å². The van der Waals surface area contributed by atoms with E-state index in [9.17, 15) is 19.2 Å². The van der Waals surface area contributed by atoms with Gasteiger partial charge in [-0.05, 0) is 40.2 Å². The van der Waals surface area contributed by atoms with Gasteiger partial charge in [0.2, 0.25) is 5.91 Å². The van der Waals surface area contributed by atoms with Crippen molar-refractivity contribution in [3.05, 3.63) is 60.6 Å². The van der Waals surface area contributed by atoms with Crippen molar-refractivity contribution in [1.29, 1.82) is 0 Å². The highest BCUT2D eigenvalue weighted by atomic mass is 16.8. The second-order valence-corrected chi connectivity index (χ2v) is 10.9. The van der Waals surface area contributed by atoms with Crippen LogP contribution in [0.5, 0.6) is 0 Å². The lowest BCUT2D eigenvalue weighted by Crippen LogP contribution is -2.55. The van der Waals surface area contributed by atoms with Crippen molar-refractivity contribution >= 4 is 23.9 Å². The predicted molar refractivity (Wildman–Crippen MR) is 157 cm³/mol. The van der Waals surface area contributed by atoms with Crippen LogP contribution in [-0.2, 0) is 23.9 Å². The molecule has 1 N–H and O–H groups in total. The highest BCUT2D eigenvalue weighted by Crippen LogP contribution is 2.18. The standard InChI is InChI=1S/C30H37N7O7/c1-5-42-29(41)44-36-18-16-35(17-19-36)28(40)22(12-13-25(38)43-30(2,3)4)33-27(39)23-20-24(37-15-9-14-31-37)34-26(32-23)21-10-7-6-8-11-21/h6-11,14-15,20,22H,5,12-13,16-19H2,1-4H3,(H,33,39)/t22-/m0/s1. The molecule has 14 nitrogen and oxygen atoms in total. The molecule has 4 rings (SSSR count). The second kappa shape index (κ2) is 14.6. The number of hydroxylamine groups is 2. The number of nitrogens with zero attached hydrogens (tertiary/aromatic N) is 6. The van der Waals surface area contributed by atoms with Crippen molar-refractivity contribution in [1.82, 2.24) is 35.0 Å². The zero-order valence-corrected chi connectivity index (χ0v) is 25.3. The van der Waals surface area contributed by atoms with E-state index >= 15 is 0 Å². The maximum absolute atomic E-state index is 13.7. The van der Waals surface area contributed by atoms with Crippen LogP contribution in [0.2, 0.25) is 0 Å². The van der Waals surface area contributed by atoms with Gasteiger partial charge in [-0.15, -0.1) is 5.06 Å². The van der Waals surface area contributed by atoms with Crippen LogP contribution in [0.3, 0.4) is 0 Å². The summed E-state index contributed by atoms with van der Waals surface area (Å²) in [6.07, 6.45) is 2.37. The van der Waals surface area contributed by atoms with E-state index in [1.807, 2.05) is 30.3 Å². The maximum Gasteiger partial charge on any atom is 0.527 e. The topological polar surface area (TPSA) is 158 Å². The molecule has 234 valence electrons. The lowest BCUT2D eigenvalue weighted by Gasteiger charge is -2.35. The molecule has 0 unspecified atom stereocenters. The molecule has 1 aliphatic heterocycles. The summed E-state index contributed by atoms with van der Waals surface area (Å²) in [4.78, 5) is 67.3. The number of benzene rings is 1. The fraction of sp³-hybridized carbons (Fsp3) is 0.433. The molecule has 2 aromatic heterocycles. The highest BCUT2D eigenvalue weighted by Gasteiger charge is 2.31. The first kappa shape index (κ1) is 32.1. The first-order valence-corrected chi connectivity index (χ1v) is 14.4. The van der Waals surface area contributed by atoms with Gasteiger partial charge >= 0.3 is 12.1 Å². The molecule has 0 aliphatic carbocycles. The van der Waals surface area contributed by atoms with Crippen LogP contribution >= 0.6 is 0 Å². The Labute approximate surface area is 255 Å². The van der Waals surface area contributed by atoms with E-state index in [1.165, 1.54) is 15.8 Å². The van der Waals surface area contributed by atoms with Gasteiger partial charge in [-0.25, -0.2) is 19.4 Å². The normalized spacial score (nSPS) is 14.4. The first-order chi connectivity index (χ1) is 21.0. The third kappa shape index (κ3) is 9.07. The molecule has 1 fully saturated rings. The van der Waals surface area contributed by atoms with Crippen molar-refractivity contribution in [2.24, 2.45) is 0 Å². The minimum atomic E-state index is -1.06. The number of ether oxygens (including phenoxy) is 2. The number of aromatic nitrogens is 4. The largest absolute Gasteiger partial charge is 0.527 e. The molecule has 14 heteroatoms. The zero-order valence-electron chi connectivity index (χ0n) is 25.3. The fourth-order valence-electron chi connectivity index (χ4n) is 4.40. The maximum atomic E-state index is 13.7. The Hall–Kier alpha value is -4.85. The van der Waals surface area contributed by atoms with Gasteiger partial charge in [0.15, 0.2) is 11.6 Å². The average Bonchev–Trinajstić information content (AvgIpc) is 3.54. The fourth-order valence-corrected chi connectivity index (χ4v) is 4.40. The molecule has 1 aliphatic rings. The van der Waals surface area contributed by atoms with Crippen LogP contribution in [0.4, 0.5) is 4.79 Å². The summed E-state index contributed by atoms with van der Waals surface area (Å²) in [7, 11) is 0. The minimum Gasteiger partial charge on any atom is -0.460 e. The molecule has 1 aromatic carbocycles. The molecule has 0 radical (unpaired) electrons. The van der Waals surface area contributed by atoms with E-state index in [1.54, 1.807) is 51.1 Å². The third-order valence-electron chi connectivity index (χ3n) is 6.39. The summed E-state index contributed by atoms with van der Waals surface area (Å²) < 4.78 is 11.7. The first-order valence-electron chi connectivity index (χ1n) is 14.4. The number of hydrogen-bond donors (Lipinski definition) is 1. The second-order valence-electron chi connectivity index (χ2n) is 10.9. The Balaban J connectivity index is 1.54. The van der Waals surface area contributed by atoms with Crippen LogP contribution in [0.1, 0.15) is 51.0 Å². The number of piperazine rings is 1. The van der Waals surface area contributed by atoms with Crippen molar-refractivity contribution in [3.63, 3.8) is 0 Å². The van der Waals surface area contributed by atoms with Crippen LogP contribution in [0.25, 0.3) is 17.2 Å². The van der Waals surface area contributed by atoms with Crippen molar-refractivity contribution in [2.75, 3.05) is 32.8 Å². The van der Waals surface area contributed by atoms with Gasteiger partial charge in [-0.1, -0.05) is 30.3 Å². The smallest absolute Gasteiger partial charge is 0.460 e. The third-order valence-corrected chi connectivity index (χ3v) is 6.39. The van der Waals surface area contributed by atoms with Crippen LogP contribution in [-0.4, -0.2) is 98.1 Å². The number of nitrogens with one attached hydrogen (secondary N) is 1. The van der Waals surface area contributed by atoms with Crippen molar-refractivity contribution in [3.8, 4) is 17.2 Å². The van der Waals surface area contributed by atoms with E-state index < -0.39 is 29.7 Å². The lowest BCUT2D eigenvalue weighted by molar-refractivity contribution is -0.158. The predicted octanol–water partition coefficient (Wildman–Crippen LogP) is 2.78. The van der Waals surface area contributed by atoms with E-state index in [0.29, 0.717) is 17.2 Å². The molecule has 1 saturated heterocycles. The summed E-state index contributed by atoms with van der Waals surface area (Å²) in [5.74, 6) is -0.833. The van der Waals surface area contributed by atoms with Gasteiger partial charge in [0, 0.05) is 43.5 Å². The van der Waals surface area contributed by atoms with Crippen LogP contribution < -0.4 is 5.32 Å². The van der Waals surface area contributed by atoms with Gasteiger partial charge in [0.25, 0.3) is 5.91 Å². The minimum absolute atomic E-state index is 0.00165. The van der Waals surface area contributed by atoms with Crippen molar-refractivity contribution in [2.45, 2.75) is 52.2 Å². The number of hydrogen-bond acceptors (Lipinski definition) is 11. The molecule has 3 heterocycles. The summed E-state index contributed by atoms with van der Waals surface area (Å²) >= 11 is 0. The summed E-state index contributed by atoms with van der Waals surface area (Å²) in [5.41, 5.74) is 0.00960. The Morgan fingerprint density at radius 2 is 1.73 bits per heavy atom. The number of rotatable bonds is 10. The lowest BCUT2D eigenvalue weighted by atomic mass is 10.1. The molecule has 2 amide bonds. The Morgan fingerprint density at radius 3 is 2.36 bits per heavy atom. The molecule has 0 bridgehead atoms. The van der Waals surface area contributed by atoms with Gasteiger partial charge in [-0.2, -0.15) is 5.10 Å². The molecular formula is C30H37N7O7. The SMILES string of the molecule is CCOC(=O)ON1CCN(C(=O)[C@H](CCC(=O)OC(C)(C)C)NC(=O)c2cc(-n3cccn3)nc(-c3ccccc3)n2)CC1.